The summed E-state index contributed by atoms with van der Waals surface area (Å²) >= 11 is 0. The largest absolute Gasteiger partial charge is 0.443 e. The minimum absolute atomic E-state index is 0.220. The topological polar surface area (TPSA) is 29.5 Å². The maximum absolute atomic E-state index is 12.3. The Hall–Kier alpha value is -1.51. The molecule has 1 heterocycles. The molecule has 0 aromatic heterocycles. The molecule has 1 aromatic rings. The van der Waals surface area contributed by atoms with Crippen molar-refractivity contribution in [2.45, 2.75) is 52.2 Å². The Kier molecular flexibility index (Phi) is 3.33. The fraction of sp³-hybridized carbons (Fsp3) is 0.533. The Morgan fingerprint density at radius 2 is 2.06 bits per heavy atom. The van der Waals surface area contributed by atoms with Gasteiger partial charge in [-0.3, -0.25) is 4.90 Å². The van der Waals surface area contributed by atoms with Gasteiger partial charge in [-0.1, -0.05) is 25.1 Å². The highest BCUT2D eigenvalue weighted by atomic mass is 16.6. The third kappa shape index (κ3) is 2.50. The molecule has 0 N–H and O–H groups in total. The van der Waals surface area contributed by atoms with Crippen molar-refractivity contribution < 1.29 is 9.53 Å². The van der Waals surface area contributed by atoms with E-state index >= 15 is 0 Å². The van der Waals surface area contributed by atoms with Gasteiger partial charge >= 0.3 is 6.09 Å². The molecule has 0 saturated heterocycles. The van der Waals surface area contributed by atoms with Crippen molar-refractivity contribution in [3.05, 3.63) is 29.8 Å². The molecular formula is C15H21NO2. The number of nitrogens with zero attached hydrogens (tertiary/aromatic N) is 1. The fourth-order valence-electron chi connectivity index (χ4n) is 2.35. The van der Waals surface area contributed by atoms with Crippen LogP contribution in [0.1, 0.15) is 39.7 Å². The molecule has 1 atom stereocenters. The number of ether oxygens (including phenoxy) is 1. The highest BCUT2D eigenvalue weighted by Gasteiger charge is 2.35. The van der Waals surface area contributed by atoms with Crippen LogP contribution in [0, 0.1) is 0 Å². The van der Waals surface area contributed by atoms with E-state index in [0.29, 0.717) is 0 Å². The van der Waals surface area contributed by atoms with Gasteiger partial charge in [0.15, 0.2) is 0 Å². The van der Waals surface area contributed by atoms with Crippen LogP contribution in [-0.4, -0.2) is 17.7 Å². The van der Waals surface area contributed by atoms with E-state index in [-0.39, 0.29) is 12.1 Å². The van der Waals surface area contributed by atoms with E-state index < -0.39 is 5.60 Å². The van der Waals surface area contributed by atoms with Crippen LogP contribution in [0.5, 0.6) is 0 Å². The predicted octanol–water partition coefficient (Wildman–Crippen LogP) is 3.76. The van der Waals surface area contributed by atoms with Crippen molar-refractivity contribution >= 4 is 11.8 Å². The average molecular weight is 247 g/mol. The number of amides is 1. The Labute approximate surface area is 109 Å². The number of carbonyl (C=O) groups excluding carboxylic acids is 1. The number of carbonyl (C=O) groups is 1. The molecule has 3 heteroatoms. The fourth-order valence-corrected chi connectivity index (χ4v) is 2.35. The minimum atomic E-state index is -0.451. The second kappa shape index (κ2) is 4.63. The zero-order chi connectivity index (χ0) is 13.3. The normalized spacial score (nSPS) is 18.7. The number of anilines is 1. The number of benzene rings is 1. The molecule has 1 aromatic carbocycles. The molecule has 0 bridgehead atoms. The van der Waals surface area contributed by atoms with Gasteiger partial charge in [-0.25, -0.2) is 4.79 Å². The molecule has 2 rings (SSSR count). The van der Waals surface area contributed by atoms with Gasteiger partial charge in [-0.2, -0.15) is 0 Å². The smallest absolute Gasteiger partial charge is 0.415 e. The van der Waals surface area contributed by atoms with Gasteiger partial charge in [0.05, 0.1) is 5.69 Å². The maximum atomic E-state index is 12.3. The maximum Gasteiger partial charge on any atom is 0.415 e. The van der Waals surface area contributed by atoms with Crippen LogP contribution in [0.25, 0.3) is 0 Å². The summed E-state index contributed by atoms with van der Waals surface area (Å²) in [4.78, 5) is 14.1. The zero-order valence-corrected chi connectivity index (χ0v) is 11.6. The lowest BCUT2D eigenvalue weighted by molar-refractivity contribution is 0.0569. The lowest BCUT2D eigenvalue weighted by Gasteiger charge is -2.28. The van der Waals surface area contributed by atoms with Gasteiger partial charge in [0, 0.05) is 6.04 Å². The van der Waals surface area contributed by atoms with Gasteiger partial charge in [0.1, 0.15) is 5.60 Å². The standard InChI is InChI=1S/C15H21NO2/c1-5-12-10-11-8-6-7-9-13(11)16(12)14(17)18-15(2,3)4/h6-9,12H,5,10H2,1-4H3. The molecule has 18 heavy (non-hydrogen) atoms. The van der Waals surface area contributed by atoms with Gasteiger partial charge in [-0.15, -0.1) is 0 Å². The summed E-state index contributed by atoms with van der Waals surface area (Å²) in [5.74, 6) is 0. The summed E-state index contributed by atoms with van der Waals surface area (Å²) < 4.78 is 5.50. The SMILES string of the molecule is CCC1Cc2ccccc2N1C(=O)OC(C)(C)C. The Bertz CT molecular complexity index is 448. The summed E-state index contributed by atoms with van der Waals surface area (Å²) in [5, 5.41) is 0. The lowest BCUT2D eigenvalue weighted by atomic mass is 10.1. The molecule has 3 nitrogen and oxygen atoms in total. The van der Waals surface area contributed by atoms with Crippen LogP contribution < -0.4 is 4.90 Å². The number of hydrogen-bond acceptors (Lipinski definition) is 2. The van der Waals surface area contributed by atoms with E-state index in [4.69, 9.17) is 4.74 Å². The Morgan fingerprint density at radius 3 is 2.67 bits per heavy atom. The molecule has 98 valence electrons. The van der Waals surface area contributed by atoms with Crippen LogP contribution in [0.15, 0.2) is 24.3 Å². The van der Waals surface area contributed by atoms with Gasteiger partial charge < -0.3 is 4.74 Å². The number of fused-ring (bicyclic) bond motifs is 1. The van der Waals surface area contributed by atoms with Crippen LogP contribution >= 0.6 is 0 Å². The average Bonchev–Trinajstić information content (AvgIpc) is 2.64. The lowest BCUT2D eigenvalue weighted by Crippen LogP contribution is -2.41. The van der Waals surface area contributed by atoms with Crippen molar-refractivity contribution in [2.75, 3.05) is 4.90 Å². The van der Waals surface area contributed by atoms with Crippen molar-refractivity contribution in [3.63, 3.8) is 0 Å². The first-order chi connectivity index (χ1) is 8.42. The van der Waals surface area contributed by atoms with Crippen LogP contribution in [0.3, 0.4) is 0 Å². The number of hydrogen-bond donors (Lipinski definition) is 0. The first kappa shape index (κ1) is 12.9. The summed E-state index contributed by atoms with van der Waals surface area (Å²) in [5.41, 5.74) is 1.78. The zero-order valence-electron chi connectivity index (χ0n) is 11.6. The second-order valence-electron chi connectivity index (χ2n) is 5.75. The minimum Gasteiger partial charge on any atom is -0.443 e. The summed E-state index contributed by atoms with van der Waals surface area (Å²) in [6.07, 6.45) is 1.62. The second-order valence-corrected chi connectivity index (χ2v) is 5.75. The monoisotopic (exact) mass is 247 g/mol. The van der Waals surface area contributed by atoms with E-state index in [9.17, 15) is 4.79 Å². The van der Waals surface area contributed by atoms with Gasteiger partial charge in [0.2, 0.25) is 0 Å². The molecule has 0 fully saturated rings. The molecule has 1 aliphatic heterocycles. The van der Waals surface area contributed by atoms with Crippen LogP contribution in [0.2, 0.25) is 0 Å². The van der Waals surface area contributed by atoms with E-state index in [1.807, 2.05) is 39.0 Å². The molecule has 0 aliphatic carbocycles. The Balaban J connectivity index is 2.27. The van der Waals surface area contributed by atoms with Gasteiger partial charge in [0.25, 0.3) is 0 Å². The highest BCUT2D eigenvalue weighted by Crippen LogP contribution is 2.34. The van der Waals surface area contributed by atoms with Crippen molar-refractivity contribution in [2.24, 2.45) is 0 Å². The highest BCUT2D eigenvalue weighted by molar-refractivity contribution is 5.91. The number of para-hydroxylation sites is 1. The van der Waals surface area contributed by atoms with Crippen molar-refractivity contribution in [1.82, 2.24) is 0 Å². The Morgan fingerprint density at radius 1 is 1.39 bits per heavy atom. The van der Waals surface area contributed by atoms with Crippen LogP contribution in [0.4, 0.5) is 10.5 Å². The molecular weight excluding hydrogens is 226 g/mol. The molecule has 1 aliphatic rings. The van der Waals surface area contributed by atoms with Crippen molar-refractivity contribution in [1.29, 1.82) is 0 Å². The molecule has 0 spiro atoms. The first-order valence-corrected chi connectivity index (χ1v) is 6.52. The van der Waals surface area contributed by atoms with Crippen molar-refractivity contribution in [3.8, 4) is 0 Å². The molecule has 0 saturated carbocycles. The number of rotatable bonds is 1. The first-order valence-electron chi connectivity index (χ1n) is 6.52. The van der Waals surface area contributed by atoms with Crippen LogP contribution in [-0.2, 0) is 11.2 Å². The van der Waals surface area contributed by atoms with E-state index in [0.717, 1.165) is 18.5 Å². The van der Waals surface area contributed by atoms with Gasteiger partial charge in [-0.05, 0) is 45.2 Å². The summed E-state index contributed by atoms with van der Waals surface area (Å²) in [7, 11) is 0. The summed E-state index contributed by atoms with van der Waals surface area (Å²) in [6.45, 7) is 7.80. The quantitative estimate of drug-likeness (QED) is 0.756. The summed E-state index contributed by atoms with van der Waals surface area (Å²) in [6, 6.07) is 8.28. The van der Waals surface area contributed by atoms with E-state index in [1.54, 1.807) is 4.90 Å². The van der Waals surface area contributed by atoms with E-state index in [2.05, 4.69) is 13.0 Å². The third-order valence-electron chi connectivity index (χ3n) is 3.13. The molecule has 1 unspecified atom stereocenters. The molecule has 1 amide bonds. The van der Waals surface area contributed by atoms with E-state index in [1.165, 1.54) is 5.56 Å². The third-order valence-corrected chi connectivity index (χ3v) is 3.13. The predicted molar refractivity (Wildman–Crippen MR) is 72.9 cm³/mol. The molecule has 0 radical (unpaired) electrons.